The van der Waals surface area contributed by atoms with E-state index in [1.165, 1.54) is 0 Å². The van der Waals surface area contributed by atoms with E-state index in [2.05, 4.69) is 5.48 Å². The van der Waals surface area contributed by atoms with Gasteiger partial charge in [-0.05, 0) is 36.8 Å². The Balaban J connectivity index is 2.05. The van der Waals surface area contributed by atoms with Gasteiger partial charge >= 0.3 is 0 Å². The molecule has 0 atom stereocenters. The van der Waals surface area contributed by atoms with Crippen molar-refractivity contribution < 1.29 is 4.84 Å². The monoisotopic (exact) mass is 233 g/mol. The van der Waals surface area contributed by atoms with Crippen LogP contribution in [0.3, 0.4) is 0 Å². The Kier molecular flexibility index (Phi) is 3.32. The highest BCUT2D eigenvalue weighted by Crippen LogP contribution is 2.19. The van der Waals surface area contributed by atoms with Gasteiger partial charge in [-0.1, -0.05) is 35.9 Å². The van der Waals surface area contributed by atoms with E-state index in [9.17, 15) is 0 Å². The van der Waals surface area contributed by atoms with Crippen LogP contribution in [0.2, 0.25) is 5.02 Å². The summed E-state index contributed by atoms with van der Waals surface area (Å²) in [5, 5.41) is 0.679. The summed E-state index contributed by atoms with van der Waals surface area (Å²) < 4.78 is 0. The molecule has 0 aliphatic heterocycles. The number of halogens is 1. The lowest BCUT2D eigenvalue weighted by atomic mass is 10.2. The minimum atomic E-state index is 0.679. The predicted octanol–water partition coefficient (Wildman–Crippen LogP) is 4.05. The number of rotatable bonds is 3. The zero-order valence-corrected chi connectivity index (χ0v) is 9.66. The number of hydrogen-bond acceptors (Lipinski definition) is 2. The highest BCUT2D eigenvalue weighted by Gasteiger charge is 1.98. The van der Waals surface area contributed by atoms with E-state index in [4.69, 9.17) is 16.4 Å². The lowest BCUT2D eigenvalue weighted by molar-refractivity contribution is 0.402. The van der Waals surface area contributed by atoms with Gasteiger partial charge in [0.2, 0.25) is 0 Å². The average molecular weight is 234 g/mol. The van der Waals surface area contributed by atoms with Crippen molar-refractivity contribution in [1.82, 2.24) is 0 Å². The summed E-state index contributed by atoms with van der Waals surface area (Å²) in [5.41, 5.74) is 4.77. The van der Waals surface area contributed by atoms with Crippen molar-refractivity contribution in [3.8, 4) is 5.75 Å². The third kappa shape index (κ3) is 2.67. The highest BCUT2D eigenvalue weighted by molar-refractivity contribution is 6.30. The SMILES string of the molecule is Cc1ccccc1ONc1cccc(Cl)c1. The third-order valence-electron chi connectivity index (χ3n) is 2.20. The number of benzene rings is 2. The Bertz CT molecular complexity index is 485. The van der Waals surface area contributed by atoms with Gasteiger partial charge in [0.25, 0.3) is 0 Å². The van der Waals surface area contributed by atoms with E-state index in [1.54, 1.807) is 6.07 Å². The second kappa shape index (κ2) is 4.90. The van der Waals surface area contributed by atoms with Gasteiger partial charge in [-0.3, -0.25) is 0 Å². The fourth-order valence-electron chi connectivity index (χ4n) is 1.34. The minimum absolute atomic E-state index is 0.679. The first-order chi connectivity index (χ1) is 7.75. The largest absolute Gasteiger partial charge is 0.382 e. The Hall–Kier alpha value is -1.67. The van der Waals surface area contributed by atoms with Crippen molar-refractivity contribution in [2.45, 2.75) is 6.92 Å². The van der Waals surface area contributed by atoms with Crippen LogP contribution in [0.5, 0.6) is 5.75 Å². The second-order valence-electron chi connectivity index (χ2n) is 3.48. The summed E-state index contributed by atoms with van der Waals surface area (Å²) in [5.74, 6) is 0.808. The van der Waals surface area contributed by atoms with Crippen molar-refractivity contribution in [2.75, 3.05) is 5.48 Å². The highest BCUT2D eigenvalue weighted by atomic mass is 35.5. The molecule has 0 heterocycles. The van der Waals surface area contributed by atoms with E-state index in [-0.39, 0.29) is 0 Å². The molecular formula is C13H12ClNO. The lowest BCUT2D eigenvalue weighted by Gasteiger charge is -2.10. The molecule has 2 nitrogen and oxygen atoms in total. The molecule has 0 fully saturated rings. The number of nitrogens with one attached hydrogen (secondary N) is 1. The normalized spacial score (nSPS) is 9.88. The molecule has 0 spiro atoms. The first-order valence-electron chi connectivity index (χ1n) is 5.00. The van der Waals surface area contributed by atoms with Gasteiger partial charge in [-0.2, -0.15) is 0 Å². The molecule has 3 heteroatoms. The second-order valence-corrected chi connectivity index (χ2v) is 3.92. The molecule has 0 saturated heterocycles. The average Bonchev–Trinajstić information content (AvgIpc) is 2.28. The molecule has 0 aromatic heterocycles. The molecule has 1 N–H and O–H groups in total. The maximum absolute atomic E-state index is 5.86. The fraction of sp³-hybridized carbons (Fsp3) is 0.0769. The molecule has 2 rings (SSSR count). The Morgan fingerprint density at radius 2 is 1.88 bits per heavy atom. The van der Waals surface area contributed by atoms with Crippen LogP contribution in [0.25, 0.3) is 0 Å². The summed E-state index contributed by atoms with van der Waals surface area (Å²) in [6.45, 7) is 2.00. The standard InChI is InChI=1S/C13H12ClNO/c1-10-5-2-3-8-13(10)16-15-12-7-4-6-11(14)9-12/h2-9,15H,1H3. The quantitative estimate of drug-likeness (QED) is 0.808. The number of hydrogen-bond donors (Lipinski definition) is 1. The third-order valence-corrected chi connectivity index (χ3v) is 2.43. The van der Waals surface area contributed by atoms with Gasteiger partial charge in [0, 0.05) is 5.02 Å². The van der Waals surface area contributed by atoms with Gasteiger partial charge in [0.15, 0.2) is 5.75 Å². The van der Waals surface area contributed by atoms with E-state index in [0.717, 1.165) is 17.0 Å². The van der Waals surface area contributed by atoms with E-state index in [1.807, 2.05) is 49.4 Å². The van der Waals surface area contributed by atoms with Crippen LogP contribution in [0.15, 0.2) is 48.5 Å². The van der Waals surface area contributed by atoms with Crippen molar-refractivity contribution in [3.05, 3.63) is 59.1 Å². The summed E-state index contributed by atoms with van der Waals surface area (Å²) >= 11 is 5.86. The Morgan fingerprint density at radius 3 is 2.62 bits per heavy atom. The number of anilines is 1. The van der Waals surface area contributed by atoms with Gasteiger partial charge in [-0.15, -0.1) is 0 Å². The zero-order chi connectivity index (χ0) is 11.4. The Morgan fingerprint density at radius 1 is 1.06 bits per heavy atom. The predicted molar refractivity (Wildman–Crippen MR) is 66.9 cm³/mol. The van der Waals surface area contributed by atoms with E-state index in [0.29, 0.717) is 5.02 Å². The van der Waals surface area contributed by atoms with Gasteiger partial charge in [-0.25, -0.2) is 5.48 Å². The van der Waals surface area contributed by atoms with Gasteiger partial charge < -0.3 is 4.84 Å². The molecule has 0 amide bonds. The van der Waals surface area contributed by atoms with Crippen LogP contribution < -0.4 is 10.3 Å². The fourth-order valence-corrected chi connectivity index (χ4v) is 1.53. The maximum Gasteiger partial charge on any atom is 0.157 e. The summed E-state index contributed by atoms with van der Waals surface area (Å²) in [6, 6.07) is 15.2. The molecule has 0 saturated carbocycles. The summed E-state index contributed by atoms with van der Waals surface area (Å²) in [4.78, 5) is 5.47. The minimum Gasteiger partial charge on any atom is -0.382 e. The molecule has 0 aliphatic rings. The van der Waals surface area contributed by atoms with E-state index >= 15 is 0 Å². The summed E-state index contributed by atoms with van der Waals surface area (Å²) in [6.07, 6.45) is 0. The molecule has 16 heavy (non-hydrogen) atoms. The van der Waals surface area contributed by atoms with Crippen molar-refractivity contribution in [3.63, 3.8) is 0 Å². The summed E-state index contributed by atoms with van der Waals surface area (Å²) in [7, 11) is 0. The molecule has 0 aliphatic carbocycles. The van der Waals surface area contributed by atoms with Crippen molar-refractivity contribution in [1.29, 1.82) is 0 Å². The first-order valence-corrected chi connectivity index (χ1v) is 5.37. The molecule has 0 bridgehead atoms. The van der Waals surface area contributed by atoms with E-state index < -0.39 is 0 Å². The van der Waals surface area contributed by atoms with Crippen molar-refractivity contribution in [2.24, 2.45) is 0 Å². The first kappa shape index (κ1) is 10.8. The molecule has 0 radical (unpaired) electrons. The van der Waals surface area contributed by atoms with Crippen LogP contribution >= 0.6 is 11.6 Å². The van der Waals surface area contributed by atoms with Gasteiger partial charge in [0.05, 0.1) is 5.69 Å². The molecule has 2 aromatic rings. The zero-order valence-electron chi connectivity index (χ0n) is 8.91. The van der Waals surface area contributed by atoms with Crippen LogP contribution in [-0.4, -0.2) is 0 Å². The number of para-hydroxylation sites is 1. The topological polar surface area (TPSA) is 21.3 Å². The maximum atomic E-state index is 5.86. The number of aryl methyl sites for hydroxylation is 1. The van der Waals surface area contributed by atoms with Crippen LogP contribution in [0, 0.1) is 6.92 Å². The molecular weight excluding hydrogens is 222 g/mol. The lowest BCUT2D eigenvalue weighted by Crippen LogP contribution is -2.05. The Labute approximate surface area is 99.8 Å². The molecule has 82 valence electrons. The van der Waals surface area contributed by atoms with Crippen LogP contribution in [0.4, 0.5) is 5.69 Å². The smallest absolute Gasteiger partial charge is 0.157 e. The van der Waals surface area contributed by atoms with Crippen LogP contribution in [-0.2, 0) is 0 Å². The molecule has 2 aromatic carbocycles. The van der Waals surface area contributed by atoms with Gasteiger partial charge in [0.1, 0.15) is 0 Å². The molecule has 0 unspecified atom stereocenters. The van der Waals surface area contributed by atoms with Crippen LogP contribution in [0.1, 0.15) is 5.56 Å². The van der Waals surface area contributed by atoms with Crippen molar-refractivity contribution >= 4 is 17.3 Å².